The number of nitrogens with zero attached hydrogens (tertiary/aromatic N) is 2. The van der Waals surface area contributed by atoms with E-state index in [1.165, 1.54) is 5.70 Å². The molecule has 0 aliphatic carbocycles. The van der Waals surface area contributed by atoms with Crippen LogP contribution in [0.4, 0.5) is 0 Å². The first-order valence-corrected chi connectivity index (χ1v) is 5.08. The molecule has 0 rings (SSSR count). The van der Waals surface area contributed by atoms with E-state index in [0.717, 1.165) is 0 Å². The molecule has 0 atom stereocenters. The maximum Gasteiger partial charge on any atom is 0.0546 e. The highest BCUT2D eigenvalue weighted by atomic mass is 15.5. The molecule has 0 aliphatic heterocycles. The van der Waals surface area contributed by atoms with Crippen molar-refractivity contribution < 1.29 is 0 Å². The fraction of sp³-hybridized carbons (Fsp3) is 0.750. The van der Waals surface area contributed by atoms with Crippen LogP contribution in [-0.2, 0) is 0 Å². The summed E-state index contributed by atoms with van der Waals surface area (Å²) >= 11 is 0. The van der Waals surface area contributed by atoms with E-state index in [4.69, 9.17) is 0 Å². The molecule has 2 heteroatoms. The van der Waals surface area contributed by atoms with Crippen molar-refractivity contribution in [3.05, 3.63) is 11.8 Å². The molecule has 82 valence electrons. The summed E-state index contributed by atoms with van der Waals surface area (Å²) < 4.78 is 0. The Bertz CT molecular complexity index is 226. The smallest absolute Gasteiger partial charge is 0.0546 e. The van der Waals surface area contributed by atoms with Crippen molar-refractivity contribution in [3.8, 4) is 0 Å². The Morgan fingerprint density at radius 2 is 1.57 bits per heavy atom. The van der Waals surface area contributed by atoms with Gasteiger partial charge in [-0.25, -0.2) is 0 Å². The molecule has 0 saturated heterocycles. The lowest BCUT2D eigenvalue weighted by molar-refractivity contribution is 0.155. The highest BCUT2D eigenvalue weighted by Gasteiger charge is 2.29. The maximum atomic E-state index is 4.11. The normalized spacial score (nSPS) is 14.1. The number of hydrazone groups is 1. The van der Waals surface area contributed by atoms with Crippen molar-refractivity contribution in [1.82, 2.24) is 5.01 Å². The largest absolute Gasteiger partial charge is 0.265 e. The second-order valence-electron chi connectivity index (χ2n) is 5.55. The molecule has 0 aliphatic rings. The van der Waals surface area contributed by atoms with Crippen molar-refractivity contribution >= 4 is 6.72 Å². The van der Waals surface area contributed by atoms with Gasteiger partial charge in [0.05, 0.1) is 5.54 Å². The molecule has 0 aromatic heterocycles. The van der Waals surface area contributed by atoms with Gasteiger partial charge in [-0.05, 0) is 27.7 Å². The molecule has 0 saturated carbocycles. The van der Waals surface area contributed by atoms with Crippen LogP contribution in [0.2, 0.25) is 0 Å². The molecule has 0 fully saturated rings. The van der Waals surface area contributed by atoms with E-state index in [-0.39, 0.29) is 11.0 Å². The van der Waals surface area contributed by atoms with Crippen molar-refractivity contribution in [2.24, 2.45) is 10.5 Å². The number of rotatable bonds is 2. The zero-order chi connectivity index (χ0) is 11.6. The number of hydrogen-bond donors (Lipinski definition) is 0. The second kappa shape index (κ2) is 4.16. The quantitative estimate of drug-likeness (QED) is 0.486. The summed E-state index contributed by atoms with van der Waals surface area (Å²) in [6.45, 7) is 18.7. The Morgan fingerprint density at radius 3 is 1.64 bits per heavy atom. The lowest BCUT2D eigenvalue weighted by Crippen LogP contribution is -2.40. The zero-order valence-corrected chi connectivity index (χ0v) is 10.7. The van der Waals surface area contributed by atoms with Gasteiger partial charge in [-0.2, -0.15) is 5.10 Å². The Balaban J connectivity index is 5.13. The molecule has 0 aromatic carbocycles. The van der Waals surface area contributed by atoms with Crippen molar-refractivity contribution in [2.45, 2.75) is 54.0 Å². The van der Waals surface area contributed by atoms with Crippen molar-refractivity contribution in [3.63, 3.8) is 0 Å². The van der Waals surface area contributed by atoms with Crippen LogP contribution in [0.3, 0.4) is 0 Å². The highest BCUT2D eigenvalue weighted by molar-refractivity contribution is 5.25. The second-order valence-corrected chi connectivity index (χ2v) is 5.55. The fourth-order valence-corrected chi connectivity index (χ4v) is 1.52. The molecule has 0 unspecified atom stereocenters. The lowest BCUT2D eigenvalue weighted by Gasteiger charge is -2.39. The van der Waals surface area contributed by atoms with Gasteiger partial charge in [0, 0.05) is 17.8 Å². The van der Waals surface area contributed by atoms with Crippen LogP contribution < -0.4 is 0 Å². The van der Waals surface area contributed by atoms with E-state index >= 15 is 0 Å². The minimum absolute atomic E-state index is 0.0170. The van der Waals surface area contributed by atoms with E-state index in [1.54, 1.807) is 0 Å². The van der Waals surface area contributed by atoms with E-state index in [0.29, 0.717) is 0 Å². The minimum atomic E-state index is -0.0170. The Hall–Kier alpha value is -0.790. The van der Waals surface area contributed by atoms with Crippen molar-refractivity contribution in [2.75, 3.05) is 0 Å². The van der Waals surface area contributed by atoms with Gasteiger partial charge in [0.25, 0.3) is 0 Å². The third-order valence-corrected chi connectivity index (χ3v) is 2.05. The molecule has 0 radical (unpaired) electrons. The molecule has 0 amide bonds. The van der Waals surface area contributed by atoms with Gasteiger partial charge < -0.3 is 0 Å². The van der Waals surface area contributed by atoms with E-state index in [2.05, 4.69) is 59.4 Å². The summed E-state index contributed by atoms with van der Waals surface area (Å²) in [6.07, 6.45) is 2.11. The Labute approximate surface area is 88.7 Å². The standard InChI is InChI=1S/C12H24N2/c1-9-10(11(2,3)4)14(13-8)12(5,6)7/h9H,8H2,1-7H3/b10-9-. The van der Waals surface area contributed by atoms with E-state index in [1.807, 2.05) is 11.9 Å². The fourth-order valence-electron chi connectivity index (χ4n) is 1.52. The van der Waals surface area contributed by atoms with Crippen LogP contribution in [0.25, 0.3) is 0 Å². The van der Waals surface area contributed by atoms with Gasteiger partial charge in [-0.1, -0.05) is 26.8 Å². The van der Waals surface area contributed by atoms with Gasteiger partial charge in [-0.15, -0.1) is 0 Å². The van der Waals surface area contributed by atoms with Crippen LogP contribution in [0, 0.1) is 5.41 Å². The first-order valence-electron chi connectivity index (χ1n) is 5.08. The monoisotopic (exact) mass is 196 g/mol. The molecule has 0 N–H and O–H groups in total. The van der Waals surface area contributed by atoms with E-state index < -0.39 is 0 Å². The van der Waals surface area contributed by atoms with Gasteiger partial charge in [-0.3, -0.25) is 5.01 Å². The van der Waals surface area contributed by atoms with Crippen molar-refractivity contribution in [1.29, 1.82) is 0 Å². The highest BCUT2D eigenvalue weighted by Crippen LogP contribution is 2.33. The first-order chi connectivity index (χ1) is 6.14. The molecule has 0 heterocycles. The van der Waals surface area contributed by atoms with Gasteiger partial charge in [0.1, 0.15) is 0 Å². The van der Waals surface area contributed by atoms with Crippen LogP contribution in [0.15, 0.2) is 16.9 Å². The third-order valence-electron chi connectivity index (χ3n) is 2.05. The molecule has 0 bridgehead atoms. The SMILES string of the molecule is C=NN(/C(=C\C)C(C)(C)C)C(C)(C)C. The summed E-state index contributed by atoms with van der Waals surface area (Å²) in [5.41, 5.74) is 1.29. The minimum Gasteiger partial charge on any atom is -0.265 e. The van der Waals surface area contributed by atoms with Gasteiger partial charge >= 0.3 is 0 Å². The Morgan fingerprint density at radius 1 is 1.14 bits per heavy atom. The van der Waals surface area contributed by atoms with Crippen LogP contribution in [0.1, 0.15) is 48.5 Å². The molecule has 2 nitrogen and oxygen atoms in total. The van der Waals surface area contributed by atoms with Crippen LogP contribution in [0.5, 0.6) is 0 Å². The topological polar surface area (TPSA) is 15.6 Å². The molecule has 14 heavy (non-hydrogen) atoms. The Kier molecular flexibility index (Phi) is 3.92. The molecule has 0 spiro atoms. The lowest BCUT2D eigenvalue weighted by atomic mass is 9.89. The summed E-state index contributed by atoms with van der Waals surface area (Å²) in [6, 6.07) is 0. The molecular formula is C12H24N2. The summed E-state index contributed by atoms with van der Waals surface area (Å²) in [5.74, 6) is 0. The van der Waals surface area contributed by atoms with Gasteiger partial charge in [0.15, 0.2) is 0 Å². The maximum absolute atomic E-state index is 4.11. The average Bonchev–Trinajstić information content (AvgIpc) is 1.94. The number of hydrogen-bond acceptors (Lipinski definition) is 2. The number of allylic oxidation sites excluding steroid dienone is 2. The van der Waals surface area contributed by atoms with Crippen LogP contribution in [-0.4, -0.2) is 17.3 Å². The summed E-state index contributed by atoms with van der Waals surface area (Å²) in [4.78, 5) is 0. The van der Waals surface area contributed by atoms with Gasteiger partial charge in [0.2, 0.25) is 0 Å². The predicted molar refractivity (Wildman–Crippen MR) is 64.4 cm³/mol. The first kappa shape index (κ1) is 13.2. The zero-order valence-electron chi connectivity index (χ0n) is 10.7. The van der Waals surface area contributed by atoms with E-state index in [9.17, 15) is 0 Å². The van der Waals surface area contributed by atoms with Crippen LogP contribution >= 0.6 is 0 Å². The molecule has 0 aromatic rings. The summed E-state index contributed by atoms with van der Waals surface area (Å²) in [5, 5.41) is 6.11. The summed E-state index contributed by atoms with van der Waals surface area (Å²) in [7, 11) is 0. The molecular weight excluding hydrogens is 172 g/mol. The third kappa shape index (κ3) is 3.17. The predicted octanol–water partition coefficient (Wildman–Crippen LogP) is 3.65. The average molecular weight is 196 g/mol.